The van der Waals surface area contributed by atoms with Crippen molar-refractivity contribution in [1.82, 2.24) is 19.6 Å². The zero-order valence-electron chi connectivity index (χ0n) is 18.7. The molecule has 0 atom stereocenters. The van der Waals surface area contributed by atoms with Crippen LogP contribution in [-0.2, 0) is 6.54 Å². The summed E-state index contributed by atoms with van der Waals surface area (Å²) in [6.45, 7) is 3.61. The van der Waals surface area contributed by atoms with Crippen molar-refractivity contribution < 1.29 is 9.32 Å². The fourth-order valence-electron chi connectivity index (χ4n) is 4.23. The molecule has 1 aliphatic heterocycles. The van der Waals surface area contributed by atoms with E-state index in [1.807, 2.05) is 24.3 Å². The van der Waals surface area contributed by atoms with Crippen molar-refractivity contribution >= 4 is 34.3 Å². The molecule has 2 aromatic heterocycles. The lowest BCUT2D eigenvalue weighted by Gasteiger charge is -2.26. The van der Waals surface area contributed by atoms with E-state index in [2.05, 4.69) is 25.7 Å². The van der Waals surface area contributed by atoms with Gasteiger partial charge in [-0.05, 0) is 62.3 Å². The number of carbonyl (C=O) groups is 1. The monoisotopic (exact) mass is 458 g/mol. The van der Waals surface area contributed by atoms with Gasteiger partial charge in [-0.3, -0.25) is 9.59 Å². The number of rotatable bonds is 7. The third-order valence-corrected chi connectivity index (χ3v) is 6.03. The molecule has 2 aromatic carbocycles. The zero-order valence-corrected chi connectivity index (χ0v) is 18.7. The predicted octanol–water partition coefficient (Wildman–Crippen LogP) is 3.87. The first-order chi connectivity index (χ1) is 16.7. The highest BCUT2D eigenvalue weighted by atomic mass is 16.5. The van der Waals surface area contributed by atoms with Gasteiger partial charge in [0.15, 0.2) is 11.6 Å². The first-order valence-electron chi connectivity index (χ1n) is 11.5. The summed E-state index contributed by atoms with van der Waals surface area (Å²) in [6.07, 6.45) is 5.10. The minimum absolute atomic E-state index is 0.163. The Balaban J connectivity index is 1.36. The third-order valence-electron chi connectivity index (χ3n) is 6.03. The summed E-state index contributed by atoms with van der Waals surface area (Å²) < 4.78 is 6.53. The second-order valence-electron chi connectivity index (χ2n) is 8.35. The summed E-state index contributed by atoms with van der Waals surface area (Å²) >= 11 is 0. The lowest BCUT2D eigenvalue weighted by atomic mass is 10.1. The van der Waals surface area contributed by atoms with Gasteiger partial charge in [0.05, 0.1) is 11.0 Å². The van der Waals surface area contributed by atoms with Crippen LogP contribution in [-0.4, -0.2) is 45.1 Å². The van der Waals surface area contributed by atoms with Gasteiger partial charge in [-0.1, -0.05) is 23.7 Å². The minimum Gasteiger partial charge on any atom is -0.363 e. The number of hydrogen-bond acceptors (Lipinski definition) is 7. The molecule has 9 nitrogen and oxygen atoms in total. The zero-order chi connectivity index (χ0) is 23.3. The summed E-state index contributed by atoms with van der Waals surface area (Å²) in [5.41, 5.74) is 2.55. The van der Waals surface area contributed by atoms with Gasteiger partial charge in [0.2, 0.25) is 0 Å². The first kappa shape index (κ1) is 21.8. The Morgan fingerprint density at radius 2 is 1.76 bits per heavy atom. The first-order valence-corrected chi connectivity index (χ1v) is 11.5. The second-order valence-corrected chi connectivity index (χ2v) is 8.35. The number of benzene rings is 2. The number of carbonyl (C=O) groups excluding carboxylic acids is 1. The lowest BCUT2D eigenvalue weighted by Crippen LogP contribution is -2.35. The number of likely N-dealkylation sites (tertiary alicyclic amines) is 1. The van der Waals surface area contributed by atoms with Gasteiger partial charge in [0.1, 0.15) is 6.26 Å². The highest BCUT2D eigenvalue weighted by Crippen LogP contribution is 2.18. The fourth-order valence-corrected chi connectivity index (χ4v) is 4.23. The van der Waals surface area contributed by atoms with Gasteiger partial charge in [-0.25, -0.2) is 4.98 Å². The molecule has 2 N–H and O–H groups in total. The Hall–Kier alpha value is -3.98. The summed E-state index contributed by atoms with van der Waals surface area (Å²) in [6, 6.07) is 16.1. The van der Waals surface area contributed by atoms with Crippen LogP contribution >= 0.6 is 0 Å². The number of hydrogen-bond donors (Lipinski definition) is 2. The number of nitrogens with one attached hydrogen (secondary N) is 2. The molecule has 0 spiro atoms. The predicted molar refractivity (Wildman–Crippen MR) is 130 cm³/mol. The number of anilines is 3. The standard InChI is InChI=1S/C25H26N6O3/c32-24(28-22-12-17-34-29-22)18-8-10-19(11-9-18)26-23-25(33)31(16-15-30-13-4-1-5-14-30)21-7-3-2-6-20(21)27-23/h2-3,6-12,17H,1,4-5,13-16H2,(H,26,27)(H,28,29,32). The maximum Gasteiger partial charge on any atom is 0.294 e. The molecule has 174 valence electrons. The van der Waals surface area contributed by atoms with Crippen LogP contribution < -0.4 is 16.2 Å². The molecular weight excluding hydrogens is 432 g/mol. The van der Waals surface area contributed by atoms with Crippen LogP contribution in [0.5, 0.6) is 0 Å². The lowest BCUT2D eigenvalue weighted by molar-refractivity contribution is 0.102. The van der Waals surface area contributed by atoms with Crippen molar-refractivity contribution in [2.45, 2.75) is 25.8 Å². The summed E-state index contributed by atoms with van der Waals surface area (Å²) in [4.78, 5) is 32.7. The highest BCUT2D eigenvalue weighted by Gasteiger charge is 2.15. The Bertz CT molecular complexity index is 1330. The van der Waals surface area contributed by atoms with Crippen molar-refractivity contribution in [1.29, 1.82) is 0 Å². The van der Waals surface area contributed by atoms with Gasteiger partial charge in [0.25, 0.3) is 11.5 Å². The van der Waals surface area contributed by atoms with Crippen molar-refractivity contribution in [3.63, 3.8) is 0 Å². The Morgan fingerprint density at radius 3 is 2.53 bits per heavy atom. The molecule has 3 heterocycles. The largest absolute Gasteiger partial charge is 0.363 e. The maximum absolute atomic E-state index is 13.4. The van der Waals surface area contributed by atoms with Crippen LogP contribution in [0.2, 0.25) is 0 Å². The van der Waals surface area contributed by atoms with E-state index in [1.54, 1.807) is 34.9 Å². The molecule has 1 amide bonds. The number of nitrogens with zero attached hydrogens (tertiary/aromatic N) is 4. The highest BCUT2D eigenvalue weighted by molar-refractivity contribution is 6.03. The van der Waals surface area contributed by atoms with Gasteiger partial charge in [-0.15, -0.1) is 0 Å². The molecule has 1 aliphatic rings. The quantitative estimate of drug-likeness (QED) is 0.433. The SMILES string of the molecule is O=C(Nc1ccon1)c1ccc(Nc2nc3ccccc3n(CCN3CCCCC3)c2=O)cc1. The number of para-hydroxylation sites is 2. The van der Waals surface area contributed by atoms with Crippen LogP contribution in [0.4, 0.5) is 17.3 Å². The number of aromatic nitrogens is 3. The van der Waals surface area contributed by atoms with E-state index in [4.69, 9.17) is 4.52 Å². The molecule has 0 unspecified atom stereocenters. The van der Waals surface area contributed by atoms with E-state index in [0.717, 1.165) is 30.7 Å². The van der Waals surface area contributed by atoms with E-state index < -0.39 is 0 Å². The molecule has 1 saturated heterocycles. The Kier molecular flexibility index (Phi) is 6.35. The smallest absolute Gasteiger partial charge is 0.294 e. The second kappa shape index (κ2) is 9.88. The van der Waals surface area contributed by atoms with Crippen LogP contribution in [0.15, 0.2) is 70.2 Å². The van der Waals surface area contributed by atoms with Gasteiger partial charge >= 0.3 is 0 Å². The van der Waals surface area contributed by atoms with Crippen LogP contribution in [0.1, 0.15) is 29.6 Å². The molecular formula is C25H26N6O3. The minimum atomic E-state index is -0.302. The molecule has 4 aromatic rings. The van der Waals surface area contributed by atoms with Gasteiger partial charge in [-0.2, -0.15) is 0 Å². The van der Waals surface area contributed by atoms with Crippen LogP contribution in [0.3, 0.4) is 0 Å². The fraction of sp³-hybridized carbons (Fsp3) is 0.280. The maximum atomic E-state index is 13.4. The average molecular weight is 459 g/mol. The number of fused-ring (bicyclic) bond motifs is 1. The van der Waals surface area contributed by atoms with E-state index in [0.29, 0.717) is 23.6 Å². The molecule has 0 saturated carbocycles. The molecule has 0 bridgehead atoms. The Morgan fingerprint density at radius 1 is 0.971 bits per heavy atom. The van der Waals surface area contributed by atoms with E-state index in [-0.39, 0.29) is 17.3 Å². The number of amides is 1. The van der Waals surface area contributed by atoms with Gasteiger partial charge < -0.3 is 24.6 Å². The van der Waals surface area contributed by atoms with E-state index in [9.17, 15) is 9.59 Å². The topological polar surface area (TPSA) is 105 Å². The summed E-state index contributed by atoms with van der Waals surface area (Å²) in [5, 5.41) is 9.46. The van der Waals surface area contributed by atoms with Crippen LogP contribution in [0.25, 0.3) is 11.0 Å². The summed E-state index contributed by atoms with van der Waals surface area (Å²) in [7, 11) is 0. The number of piperidine rings is 1. The van der Waals surface area contributed by atoms with Crippen LogP contribution in [0, 0.1) is 0 Å². The molecule has 5 rings (SSSR count). The summed E-state index contributed by atoms with van der Waals surface area (Å²) in [5.74, 6) is 0.305. The van der Waals surface area contributed by atoms with Crippen molar-refractivity contribution in [2.75, 3.05) is 30.3 Å². The van der Waals surface area contributed by atoms with Gasteiger partial charge in [0, 0.05) is 30.4 Å². The van der Waals surface area contributed by atoms with E-state index >= 15 is 0 Å². The molecule has 34 heavy (non-hydrogen) atoms. The van der Waals surface area contributed by atoms with E-state index in [1.165, 1.54) is 25.5 Å². The Labute approximate surface area is 196 Å². The molecule has 9 heteroatoms. The molecule has 0 aliphatic carbocycles. The van der Waals surface area contributed by atoms with Crippen molar-refractivity contribution in [2.24, 2.45) is 0 Å². The average Bonchev–Trinajstić information content (AvgIpc) is 3.38. The molecule has 0 radical (unpaired) electrons. The van der Waals surface area contributed by atoms with Crippen molar-refractivity contribution in [3.05, 3.63) is 76.8 Å². The normalized spacial score (nSPS) is 14.2. The third kappa shape index (κ3) is 4.84. The molecule has 1 fully saturated rings. The van der Waals surface area contributed by atoms with Crippen molar-refractivity contribution in [3.8, 4) is 0 Å².